The normalized spacial score (nSPS) is 11.2. The third-order valence-electron chi connectivity index (χ3n) is 3.03. The van der Waals surface area contributed by atoms with Crippen LogP contribution in [0.5, 0.6) is 0 Å². The van der Waals surface area contributed by atoms with Gasteiger partial charge in [0.2, 0.25) is 15.9 Å². The third-order valence-corrected chi connectivity index (χ3v) is 5.34. The van der Waals surface area contributed by atoms with Gasteiger partial charge in [0.1, 0.15) is 6.54 Å². The number of sulfonamides is 1. The monoisotopic (exact) mass is 440 g/mol. The first-order chi connectivity index (χ1) is 11.6. The Morgan fingerprint density at radius 3 is 2.12 bits per heavy atom. The van der Waals surface area contributed by atoms with Gasteiger partial charge in [-0.25, -0.2) is 8.42 Å². The molecule has 25 heavy (non-hydrogen) atoms. The molecular formula is C15H12Cl4N2O3S. The van der Waals surface area contributed by atoms with Crippen molar-refractivity contribution >= 4 is 73.7 Å². The van der Waals surface area contributed by atoms with E-state index in [1.165, 1.54) is 30.3 Å². The van der Waals surface area contributed by atoms with Gasteiger partial charge in [-0.15, -0.1) is 0 Å². The Hall–Kier alpha value is -1.18. The quantitative estimate of drug-likeness (QED) is 0.730. The van der Waals surface area contributed by atoms with Crippen LogP contribution in [0.1, 0.15) is 0 Å². The molecule has 2 rings (SSSR count). The van der Waals surface area contributed by atoms with Gasteiger partial charge in [-0.2, -0.15) is 0 Å². The van der Waals surface area contributed by atoms with Gasteiger partial charge < -0.3 is 5.32 Å². The zero-order valence-electron chi connectivity index (χ0n) is 12.8. The summed E-state index contributed by atoms with van der Waals surface area (Å²) in [5.41, 5.74) is 0.571. The minimum absolute atomic E-state index is 0.185. The number of anilines is 2. The van der Waals surface area contributed by atoms with Crippen LogP contribution in [0.3, 0.4) is 0 Å². The highest BCUT2D eigenvalue weighted by Crippen LogP contribution is 2.28. The van der Waals surface area contributed by atoms with Gasteiger partial charge in [0.15, 0.2) is 0 Å². The van der Waals surface area contributed by atoms with Crippen LogP contribution in [-0.4, -0.2) is 27.1 Å². The summed E-state index contributed by atoms with van der Waals surface area (Å²) in [7, 11) is -3.75. The number of hydrogen-bond acceptors (Lipinski definition) is 3. The second-order valence-corrected chi connectivity index (χ2v) is 8.67. The summed E-state index contributed by atoms with van der Waals surface area (Å²) in [6.45, 7) is -0.463. The predicted molar refractivity (Wildman–Crippen MR) is 104 cm³/mol. The number of halogens is 4. The fraction of sp³-hybridized carbons (Fsp3) is 0.133. The molecule has 1 N–H and O–H groups in total. The zero-order chi connectivity index (χ0) is 18.8. The van der Waals surface area contributed by atoms with Crippen molar-refractivity contribution in [3.8, 4) is 0 Å². The van der Waals surface area contributed by atoms with Crippen molar-refractivity contribution in [1.29, 1.82) is 0 Å². The summed E-state index contributed by atoms with van der Waals surface area (Å²) in [5, 5.41) is 3.66. The summed E-state index contributed by atoms with van der Waals surface area (Å²) in [5.74, 6) is -0.570. The van der Waals surface area contributed by atoms with E-state index in [9.17, 15) is 13.2 Å². The van der Waals surface area contributed by atoms with Crippen LogP contribution in [-0.2, 0) is 14.8 Å². The lowest BCUT2D eigenvalue weighted by atomic mass is 10.3. The number of hydrogen-bond donors (Lipinski definition) is 1. The Labute approximate surface area is 165 Å². The fourth-order valence-corrected chi connectivity index (χ4v) is 3.64. The number of carbonyl (C=O) groups is 1. The molecule has 2 aromatic rings. The van der Waals surface area contributed by atoms with Crippen molar-refractivity contribution in [2.24, 2.45) is 0 Å². The Morgan fingerprint density at radius 2 is 1.60 bits per heavy atom. The molecule has 2 aromatic carbocycles. The molecule has 0 radical (unpaired) electrons. The van der Waals surface area contributed by atoms with Crippen molar-refractivity contribution in [1.82, 2.24) is 0 Å². The fourth-order valence-electron chi connectivity index (χ4n) is 1.99. The first-order valence-corrected chi connectivity index (χ1v) is 10.1. The summed E-state index contributed by atoms with van der Waals surface area (Å²) < 4.78 is 25.0. The van der Waals surface area contributed by atoms with E-state index >= 15 is 0 Å². The van der Waals surface area contributed by atoms with Crippen molar-refractivity contribution in [3.05, 3.63) is 56.5 Å². The molecule has 0 bridgehead atoms. The standard InChI is InChI=1S/C15H12Cl4N2O3S/c1-25(23,24)21(12-5-9(16)4-10(17)6-12)8-15(22)20-11-2-3-13(18)14(19)7-11/h2-7H,8H2,1H3,(H,20,22). The number of nitrogens with zero attached hydrogens (tertiary/aromatic N) is 1. The average molecular weight is 442 g/mol. The van der Waals surface area contributed by atoms with Crippen molar-refractivity contribution < 1.29 is 13.2 Å². The van der Waals surface area contributed by atoms with E-state index in [4.69, 9.17) is 46.4 Å². The maximum atomic E-state index is 12.2. The van der Waals surface area contributed by atoms with Crippen LogP contribution in [0.4, 0.5) is 11.4 Å². The minimum atomic E-state index is -3.75. The Morgan fingerprint density at radius 1 is 1.00 bits per heavy atom. The van der Waals surface area contributed by atoms with Gasteiger partial charge >= 0.3 is 0 Å². The van der Waals surface area contributed by atoms with E-state index in [2.05, 4.69) is 5.32 Å². The van der Waals surface area contributed by atoms with Crippen molar-refractivity contribution in [2.45, 2.75) is 0 Å². The largest absolute Gasteiger partial charge is 0.324 e. The summed E-state index contributed by atoms with van der Waals surface area (Å²) >= 11 is 23.5. The SMILES string of the molecule is CS(=O)(=O)N(CC(=O)Nc1ccc(Cl)c(Cl)c1)c1cc(Cl)cc(Cl)c1. The zero-order valence-corrected chi connectivity index (χ0v) is 16.6. The molecule has 0 spiro atoms. The molecule has 0 aliphatic heterocycles. The molecule has 0 unspecified atom stereocenters. The van der Waals surface area contributed by atoms with Crippen LogP contribution in [0.15, 0.2) is 36.4 Å². The van der Waals surface area contributed by atoms with Gasteiger partial charge in [-0.05, 0) is 36.4 Å². The molecule has 0 heterocycles. The molecule has 10 heteroatoms. The second kappa shape index (κ2) is 8.01. The summed E-state index contributed by atoms with van der Waals surface area (Å²) in [6, 6.07) is 8.80. The van der Waals surface area contributed by atoms with Gasteiger partial charge in [-0.3, -0.25) is 9.10 Å². The van der Waals surface area contributed by atoms with Crippen molar-refractivity contribution in [3.63, 3.8) is 0 Å². The molecule has 0 aliphatic carbocycles. The molecule has 0 aliphatic rings. The molecular weight excluding hydrogens is 430 g/mol. The lowest BCUT2D eigenvalue weighted by Crippen LogP contribution is -2.37. The maximum absolute atomic E-state index is 12.2. The topological polar surface area (TPSA) is 66.5 Å². The highest BCUT2D eigenvalue weighted by molar-refractivity contribution is 7.92. The van der Waals surface area contributed by atoms with Crippen molar-refractivity contribution in [2.75, 3.05) is 22.4 Å². The van der Waals surface area contributed by atoms with E-state index < -0.39 is 22.5 Å². The molecule has 134 valence electrons. The first kappa shape index (κ1) is 20.1. The van der Waals surface area contributed by atoms with E-state index in [0.717, 1.165) is 10.6 Å². The predicted octanol–water partition coefficient (Wildman–Crippen LogP) is 4.70. The summed E-state index contributed by atoms with van der Waals surface area (Å²) in [4.78, 5) is 12.2. The number of carbonyl (C=O) groups excluding carboxylic acids is 1. The number of nitrogens with one attached hydrogen (secondary N) is 1. The van der Waals surface area contributed by atoms with Crippen LogP contribution >= 0.6 is 46.4 Å². The lowest BCUT2D eigenvalue weighted by molar-refractivity contribution is -0.114. The van der Waals surface area contributed by atoms with E-state index in [1.807, 2.05) is 0 Å². The molecule has 0 saturated heterocycles. The van der Waals surface area contributed by atoms with Gasteiger partial charge in [0.25, 0.3) is 0 Å². The Bertz CT molecular complexity index is 899. The van der Waals surface area contributed by atoms with E-state index in [0.29, 0.717) is 10.7 Å². The highest BCUT2D eigenvalue weighted by Gasteiger charge is 2.22. The van der Waals surface area contributed by atoms with E-state index in [1.54, 1.807) is 6.07 Å². The van der Waals surface area contributed by atoms with Gasteiger partial charge in [0, 0.05) is 15.7 Å². The summed E-state index contributed by atoms with van der Waals surface area (Å²) in [6.07, 6.45) is 0.980. The average Bonchev–Trinajstić information content (AvgIpc) is 2.46. The lowest BCUT2D eigenvalue weighted by Gasteiger charge is -2.22. The van der Waals surface area contributed by atoms with Crippen LogP contribution in [0.2, 0.25) is 20.1 Å². The van der Waals surface area contributed by atoms with Crippen LogP contribution < -0.4 is 9.62 Å². The highest BCUT2D eigenvalue weighted by atomic mass is 35.5. The van der Waals surface area contributed by atoms with E-state index in [-0.39, 0.29) is 20.8 Å². The Balaban J connectivity index is 2.25. The first-order valence-electron chi connectivity index (χ1n) is 6.75. The van der Waals surface area contributed by atoms with Crippen LogP contribution in [0, 0.1) is 0 Å². The number of benzene rings is 2. The Kier molecular flexibility index (Phi) is 6.45. The molecule has 0 atom stereocenters. The third kappa shape index (κ3) is 5.66. The van der Waals surface area contributed by atoms with Gasteiger partial charge in [-0.1, -0.05) is 46.4 Å². The minimum Gasteiger partial charge on any atom is -0.324 e. The molecule has 0 aromatic heterocycles. The second-order valence-electron chi connectivity index (χ2n) is 5.07. The number of amides is 1. The molecule has 0 fully saturated rings. The molecule has 1 amide bonds. The maximum Gasteiger partial charge on any atom is 0.245 e. The molecule has 5 nitrogen and oxygen atoms in total. The van der Waals surface area contributed by atoms with Gasteiger partial charge in [0.05, 0.1) is 22.0 Å². The number of rotatable bonds is 5. The smallest absolute Gasteiger partial charge is 0.245 e. The molecule has 0 saturated carbocycles. The van der Waals surface area contributed by atoms with Crippen LogP contribution in [0.25, 0.3) is 0 Å².